The molecule has 0 saturated carbocycles. The molecule has 0 fully saturated rings. The van der Waals surface area contributed by atoms with Gasteiger partial charge >= 0.3 is 0 Å². The number of rotatable bonds is 5. The molecule has 0 atom stereocenters. The van der Waals surface area contributed by atoms with Crippen molar-refractivity contribution in [3.05, 3.63) is 164 Å². The van der Waals surface area contributed by atoms with Crippen LogP contribution in [-0.4, -0.2) is 15.0 Å². The minimum absolute atomic E-state index is 0.656. The van der Waals surface area contributed by atoms with E-state index >= 15 is 0 Å². The van der Waals surface area contributed by atoms with E-state index in [0.717, 1.165) is 22.3 Å². The molecule has 0 unspecified atom stereocenters. The molecule has 0 aliphatic carbocycles. The van der Waals surface area contributed by atoms with Crippen molar-refractivity contribution in [1.29, 1.82) is 0 Å². The first-order valence-corrected chi connectivity index (χ1v) is 14.8. The van der Waals surface area contributed by atoms with Crippen molar-refractivity contribution in [3.8, 4) is 56.4 Å². The van der Waals surface area contributed by atoms with Gasteiger partial charge in [0.05, 0.1) is 0 Å². The molecular weight excluding hydrogens is 534 g/mol. The topological polar surface area (TPSA) is 38.7 Å². The largest absolute Gasteiger partial charge is 0.208 e. The Morgan fingerprint density at radius 1 is 0.273 bits per heavy atom. The van der Waals surface area contributed by atoms with Crippen molar-refractivity contribution in [2.45, 2.75) is 0 Å². The summed E-state index contributed by atoms with van der Waals surface area (Å²) in [5.74, 6) is 1.98. The van der Waals surface area contributed by atoms with Crippen LogP contribution in [0, 0.1) is 0 Å². The molecule has 3 nitrogen and oxygen atoms in total. The lowest BCUT2D eigenvalue weighted by molar-refractivity contribution is 1.07. The fourth-order valence-electron chi connectivity index (χ4n) is 5.82. The molecule has 1 aromatic heterocycles. The van der Waals surface area contributed by atoms with Gasteiger partial charge in [-0.05, 0) is 55.9 Å². The molecule has 0 aliphatic rings. The fourth-order valence-corrected chi connectivity index (χ4v) is 5.82. The van der Waals surface area contributed by atoms with Crippen LogP contribution in [0.3, 0.4) is 0 Å². The molecule has 0 amide bonds. The van der Waals surface area contributed by atoms with Gasteiger partial charge in [0.25, 0.3) is 0 Å². The molecule has 44 heavy (non-hydrogen) atoms. The Bertz CT molecular complexity index is 2190. The first kappa shape index (κ1) is 25.8. The SMILES string of the molecule is c1ccc(-c2nc(-c3ccccc3)nc(-c3ccc(-c4ccc5cc(-c6cccc7ccccc67)ccc5c4)cc3)n2)cc1. The van der Waals surface area contributed by atoms with Gasteiger partial charge in [-0.15, -0.1) is 0 Å². The second-order valence-electron chi connectivity index (χ2n) is 10.9. The van der Waals surface area contributed by atoms with Crippen LogP contribution in [0.25, 0.3) is 78.0 Å². The van der Waals surface area contributed by atoms with Crippen LogP contribution in [0.4, 0.5) is 0 Å². The Kier molecular flexibility index (Phi) is 6.47. The van der Waals surface area contributed by atoms with Crippen LogP contribution in [0.1, 0.15) is 0 Å². The van der Waals surface area contributed by atoms with Gasteiger partial charge in [0, 0.05) is 16.7 Å². The minimum Gasteiger partial charge on any atom is -0.208 e. The van der Waals surface area contributed by atoms with Gasteiger partial charge in [0.2, 0.25) is 0 Å². The van der Waals surface area contributed by atoms with Gasteiger partial charge in [-0.2, -0.15) is 0 Å². The van der Waals surface area contributed by atoms with E-state index in [1.807, 2.05) is 60.7 Å². The highest BCUT2D eigenvalue weighted by molar-refractivity contribution is 5.99. The van der Waals surface area contributed by atoms with Crippen LogP contribution < -0.4 is 0 Å². The predicted molar refractivity (Wildman–Crippen MR) is 182 cm³/mol. The van der Waals surface area contributed by atoms with Crippen LogP contribution >= 0.6 is 0 Å². The molecule has 0 saturated heterocycles. The zero-order valence-corrected chi connectivity index (χ0v) is 23.9. The van der Waals surface area contributed by atoms with E-state index in [2.05, 4.69) is 103 Å². The van der Waals surface area contributed by atoms with Gasteiger partial charge < -0.3 is 0 Å². The average Bonchev–Trinajstić information content (AvgIpc) is 3.11. The van der Waals surface area contributed by atoms with Crippen molar-refractivity contribution in [2.24, 2.45) is 0 Å². The van der Waals surface area contributed by atoms with E-state index in [0.29, 0.717) is 17.5 Å². The molecule has 3 heteroatoms. The molecule has 206 valence electrons. The lowest BCUT2D eigenvalue weighted by atomic mass is 9.95. The second-order valence-corrected chi connectivity index (χ2v) is 10.9. The summed E-state index contributed by atoms with van der Waals surface area (Å²) in [6.45, 7) is 0. The summed E-state index contributed by atoms with van der Waals surface area (Å²) in [7, 11) is 0. The average molecular weight is 562 g/mol. The van der Waals surface area contributed by atoms with E-state index in [1.54, 1.807) is 0 Å². The Labute approximate surface area is 256 Å². The highest BCUT2D eigenvalue weighted by Crippen LogP contribution is 2.33. The van der Waals surface area contributed by atoms with Gasteiger partial charge in [-0.25, -0.2) is 15.0 Å². The third-order valence-corrected chi connectivity index (χ3v) is 8.12. The first-order chi connectivity index (χ1) is 21.8. The molecule has 0 radical (unpaired) electrons. The summed E-state index contributed by atoms with van der Waals surface area (Å²) in [5.41, 5.74) is 7.68. The monoisotopic (exact) mass is 561 g/mol. The van der Waals surface area contributed by atoms with Crippen LogP contribution in [0.2, 0.25) is 0 Å². The Morgan fingerprint density at radius 3 is 1.36 bits per heavy atom. The summed E-state index contributed by atoms with van der Waals surface area (Å²) >= 11 is 0. The molecule has 0 N–H and O–H groups in total. The van der Waals surface area contributed by atoms with Crippen molar-refractivity contribution >= 4 is 21.5 Å². The third kappa shape index (κ3) is 4.91. The quantitative estimate of drug-likeness (QED) is 0.210. The molecule has 8 aromatic rings. The standard InChI is InChI=1S/C41H27N3/c1-3-11-30(12-4-1)39-42-40(31-13-5-2-6-14-31)44-41(43-39)32-20-18-28(19-21-32)33-22-23-35-27-36(25-24-34(35)26-33)38-17-9-15-29-10-7-8-16-37(29)38/h1-27H. The maximum atomic E-state index is 4.87. The van der Waals surface area contributed by atoms with E-state index < -0.39 is 0 Å². The minimum atomic E-state index is 0.656. The number of benzene rings is 7. The summed E-state index contributed by atoms with van der Waals surface area (Å²) in [4.78, 5) is 14.6. The maximum Gasteiger partial charge on any atom is 0.164 e. The Balaban J connectivity index is 1.13. The van der Waals surface area contributed by atoms with Gasteiger partial charge in [-0.3, -0.25) is 0 Å². The summed E-state index contributed by atoms with van der Waals surface area (Å²) in [6, 6.07) is 57.1. The number of nitrogens with zero attached hydrogens (tertiary/aromatic N) is 3. The van der Waals surface area contributed by atoms with Crippen LogP contribution in [0.5, 0.6) is 0 Å². The Morgan fingerprint density at radius 2 is 0.727 bits per heavy atom. The number of hydrogen-bond acceptors (Lipinski definition) is 3. The number of fused-ring (bicyclic) bond motifs is 2. The first-order valence-electron chi connectivity index (χ1n) is 14.8. The van der Waals surface area contributed by atoms with Crippen molar-refractivity contribution in [3.63, 3.8) is 0 Å². The molecule has 8 rings (SSSR count). The normalized spacial score (nSPS) is 11.2. The number of aromatic nitrogens is 3. The highest BCUT2D eigenvalue weighted by atomic mass is 15.0. The summed E-state index contributed by atoms with van der Waals surface area (Å²) in [5, 5.41) is 4.97. The molecule has 1 heterocycles. The maximum absolute atomic E-state index is 4.87. The van der Waals surface area contributed by atoms with E-state index in [4.69, 9.17) is 15.0 Å². The molecule has 0 aliphatic heterocycles. The lowest BCUT2D eigenvalue weighted by Gasteiger charge is -2.10. The zero-order chi connectivity index (χ0) is 29.3. The van der Waals surface area contributed by atoms with Gasteiger partial charge in [0.1, 0.15) is 0 Å². The zero-order valence-electron chi connectivity index (χ0n) is 23.9. The van der Waals surface area contributed by atoms with Crippen molar-refractivity contribution in [2.75, 3.05) is 0 Å². The predicted octanol–water partition coefficient (Wildman–Crippen LogP) is 10.5. The van der Waals surface area contributed by atoms with Crippen molar-refractivity contribution < 1.29 is 0 Å². The lowest BCUT2D eigenvalue weighted by Crippen LogP contribution is -2.00. The fraction of sp³-hybridized carbons (Fsp3) is 0. The van der Waals surface area contributed by atoms with E-state index in [-0.39, 0.29) is 0 Å². The van der Waals surface area contributed by atoms with Crippen LogP contribution in [-0.2, 0) is 0 Å². The summed E-state index contributed by atoms with van der Waals surface area (Å²) in [6.07, 6.45) is 0. The molecule has 0 bridgehead atoms. The van der Waals surface area contributed by atoms with Gasteiger partial charge in [-0.1, -0.05) is 152 Å². The number of hydrogen-bond donors (Lipinski definition) is 0. The van der Waals surface area contributed by atoms with E-state index in [9.17, 15) is 0 Å². The molecule has 0 spiro atoms. The van der Waals surface area contributed by atoms with E-state index in [1.165, 1.54) is 38.2 Å². The van der Waals surface area contributed by atoms with Crippen LogP contribution in [0.15, 0.2) is 164 Å². The molecule has 7 aromatic carbocycles. The highest BCUT2D eigenvalue weighted by Gasteiger charge is 2.12. The second kappa shape index (κ2) is 11.0. The molecular formula is C41H27N3. The van der Waals surface area contributed by atoms with Crippen molar-refractivity contribution in [1.82, 2.24) is 15.0 Å². The third-order valence-electron chi connectivity index (χ3n) is 8.12. The van der Waals surface area contributed by atoms with Gasteiger partial charge in [0.15, 0.2) is 17.5 Å². The smallest absolute Gasteiger partial charge is 0.164 e. The Hall–Kier alpha value is -5.93. The summed E-state index contributed by atoms with van der Waals surface area (Å²) < 4.78 is 0.